The van der Waals surface area contributed by atoms with Crippen LogP contribution in [0, 0.1) is 0 Å². The quantitative estimate of drug-likeness (QED) is 0.754. The van der Waals surface area contributed by atoms with Gasteiger partial charge in [0.2, 0.25) is 5.91 Å². The number of hydrogen-bond acceptors (Lipinski definition) is 5. The lowest BCUT2D eigenvalue weighted by atomic mass is 9.94. The Morgan fingerprint density at radius 1 is 1.28 bits per heavy atom. The van der Waals surface area contributed by atoms with Crippen molar-refractivity contribution in [2.24, 2.45) is 4.99 Å². The van der Waals surface area contributed by atoms with Crippen molar-refractivity contribution in [2.45, 2.75) is 44.9 Å². The van der Waals surface area contributed by atoms with E-state index >= 15 is 0 Å². The number of thioether (sulfide) groups is 1. The van der Waals surface area contributed by atoms with Crippen LogP contribution in [0.4, 0.5) is 0 Å². The summed E-state index contributed by atoms with van der Waals surface area (Å²) >= 11 is 1.50. The minimum atomic E-state index is -0.477. The molecule has 2 atom stereocenters. The molecule has 25 heavy (non-hydrogen) atoms. The van der Waals surface area contributed by atoms with Crippen LogP contribution in [0.15, 0.2) is 46.6 Å². The van der Waals surface area contributed by atoms with Gasteiger partial charge in [-0.15, -0.1) is 0 Å². The van der Waals surface area contributed by atoms with Crippen molar-refractivity contribution in [3.63, 3.8) is 0 Å². The zero-order valence-electron chi connectivity index (χ0n) is 14.7. The molecular weight excluding hydrogens is 336 g/mol. The molecule has 6 heteroatoms. The number of fused-ring (bicyclic) bond motifs is 1. The van der Waals surface area contributed by atoms with Gasteiger partial charge in [-0.1, -0.05) is 55.4 Å². The van der Waals surface area contributed by atoms with Crippen LogP contribution < -0.4 is 0 Å². The van der Waals surface area contributed by atoms with E-state index in [1.54, 1.807) is 11.8 Å². The summed E-state index contributed by atoms with van der Waals surface area (Å²) < 4.78 is 5.25. The number of aliphatic imine (C=N–C) groups is 1. The molecule has 2 heterocycles. The fraction of sp³-hybridized carbons (Fsp3) is 0.421. The number of benzene rings is 1. The van der Waals surface area contributed by atoms with Crippen molar-refractivity contribution in [1.29, 1.82) is 0 Å². The largest absolute Gasteiger partial charge is 0.463 e. The Morgan fingerprint density at radius 3 is 2.64 bits per heavy atom. The monoisotopic (exact) mass is 358 g/mol. The van der Waals surface area contributed by atoms with E-state index in [0.29, 0.717) is 16.4 Å². The Morgan fingerprint density at radius 2 is 2.00 bits per heavy atom. The van der Waals surface area contributed by atoms with Gasteiger partial charge < -0.3 is 4.74 Å². The van der Waals surface area contributed by atoms with Crippen LogP contribution in [0.5, 0.6) is 0 Å². The van der Waals surface area contributed by atoms with Gasteiger partial charge in [-0.3, -0.25) is 9.69 Å². The molecule has 5 nitrogen and oxygen atoms in total. The average Bonchev–Trinajstić information content (AvgIpc) is 2.90. The molecule has 1 amide bonds. The third-order valence-corrected chi connectivity index (χ3v) is 5.53. The normalized spacial score (nSPS) is 22.8. The van der Waals surface area contributed by atoms with E-state index in [9.17, 15) is 9.59 Å². The van der Waals surface area contributed by atoms with Gasteiger partial charge in [0, 0.05) is 0 Å². The second-order valence-corrected chi connectivity index (χ2v) is 7.20. The summed E-state index contributed by atoms with van der Waals surface area (Å²) in [6.07, 6.45) is 1.73. The smallest absolute Gasteiger partial charge is 0.338 e. The molecular formula is C19H22N2O3S. The van der Waals surface area contributed by atoms with Gasteiger partial charge in [0.05, 0.1) is 29.2 Å². The van der Waals surface area contributed by atoms with E-state index in [-0.39, 0.29) is 17.8 Å². The lowest BCUT2D eigenvalue weighted by molar-refractivity contribution is -0.139. The van der Waals surface area contributed by atoms with Crippen LogP contribution in [0.2, 0.25) is 0 Å². The molecule has 0 N–H and O–H groups in total. The average molecular weight is 358 g/mol. The molecule has 1 saturated heterocycles. The first-order valence-electron chi connectivity index (χ1n) is 8.59. The molecule has 2 aliphatic heterocycles. The Labute approximate surface area is 152 Å². The van der Waals surface area contributed by atoms with Crippen molar-refractivity contribution >= 4 is 28.8 Å². The lowest BCUT2D eigenvalue weighted by Crippen LogP contribution is -2.40. The summed E-state index contributed by atoms with van der Waals surface area (Å²) in [5.41, 5.74) is 1.96. The van der Waals surface area contributed by atoms with Crippen LogP contribution in [0.1, 0.15) is 45.2 Å². The van der Waals surface area contributed by atoms with Crippen LogP contribution in [-0.2, 0) is 14.3 Å². The predicted octanol–water partition coefficient (Wildman–Crippen LogP) is 3.68. The molecule has 0 bridgehead atoms. The van der Waals surface area contributed by atoms with Crippen LogP contribution in [0.25, 0.3) is 0 Å². The number of ether oxygens (including phenoxy) is 1. The highest BCUT2D eigenvalue weighted by atomic mass is 32.2. The van der Waals surface area contributed by atoms with Crippen molar-refractivity contribution in [3.05, 3.63) is 47.2 Å². The van der Waals surface area contributed by atoms with E-state index in [4.69, 9.17) is 4.74 Å². The number of nitrogens with zero attached hydrogens (tertiary/aromatic N) is 2. The first kappa shape index (κ1) is 17.7. The fourth-order valence-electron chi connectivity index (χ4n) is 3.20. The highest BCUT2D eigenvalue weighted by Gasteiger charge is 2.47. The highest BCUT2D eigenvalue weighted by Crippen LogP contribution is 2.44. The summed E-state index contributed by atoms with van der Waals surface area (Å²) in [5.74, 6) is -0.387. The Kier molecular flexibility index (Phi) is 5.27. The summed E-state index contributed by atoms with van der Waals surface area (Å²) in [4.78, 5) is 31.8. The van der Waals surface area contributed by atoms with Gasteiger partial charge in [0.15, 0.2) is 5.17 Å². The molecule has 132 valence electrons. The first-order valence-corrected chi connectivity index (χ1v) is 9.47. The summed E-state index contributed by atoms with van der Waals surface area (Å²) in [7, 11) is 0. The summed E-state index contributed by atoms with van der Waals surface area (Å²) in [6, 6.07) is 9.14. The number of carbonyl (C=O) groups excluding carboxylic acids is 2. The lowest BCUT2D eigenvalue weighted by Gasteiger charge is -2.33. The van der Waals surface area contributed by atoms with Gasteiger partial charge in [0.25, 0.3) is 0 Å². The summed E-state index contributed by atoms with van der Waals surface area (Å²) in [5, 5.41) is 0.548. The molecule has 1 aromatic carbocycles. The molecule has 2 aliphatic rings. The van der Waals surface area contributed by atoms with Crippen LogP contribution >= 0.6 is 11.8 Å². The maximum atomic E-state index is 13.0. The number of esters is 1. The number of amides is 1. The topological polar surface area (TPSA) is 59.0 Å². The van der Waals surface area contributed by atoms with Gasteiger partial charge in [-0.05, 0) is 25.8 Å². The third kappa shape index (κ3) is 3.23. The second kappa shape index (κ2) is 7.44. The molecule has 0 unspecified atom stereocenters. The Hall–Kier alpha value is -2.08. The summed E-state index contributed by atoms with van der Waals surface area (Å²) in [6.45, 7) is 5.94. The van der Waals surface area contributed by atoms with E-state index in [0.717, 1.165) is 18.4 Å². The standard InChI is InChI=1S/C19H22N2O3S/c1-4-9-14-17(22)21-16(13-10-7-6-8-11-13)15(18(23)24-5-2)12(3)20-19(21)25-14/h6-8,10-11,14,16H,4-5,9H2,1-3H3/t14-,16+/m1/s1. The molecule has 3 rings (SSSR count). The van der Waals surface area contributed by atoms with E-state index in [1.807, 2.05) is 37.3 Å². The zero-order valence-corrected chi connectivity index (χ0v) is 15.5. The zero-order chi connectivity index (χ0) is 18.0. The van der Waals surface area contributed by atoms with E-state index < -0.39 is 12.0 Å². The van der Waals surface area contributed by atoms with Crippen molar-refractivity contribution in [2.75, 3.05) is 6.61 Å². The fourth-order valence-corrected chi connectivity index (χ4v) is 4.52. The molecule has 0 spiro atoms. The van der Waals surface area contributed by atoms with Gasteiger partial charge in [0.1, 0.15) is 0 Å². The van der Waals surface area contributed by atoms with Crippen LogP contribution in [-0.4, -0.2) is 33.8 Å². The van der Waals surface area contributed by atoms with Crippen molar-refractivity contribution in [3.8, 4) is 0 Å². The molecule has 0 saturated carbocycles. The maximum Gasteiger partial charge on any atom is 0.338 e. The number of carbonyl (C=O) groups is 2. The number of allylic oxidation sites excluding steroid dienone is 1. The van der Waals surface area contributed by atoms with E-state index in [2.05, 4.69) is 11.9 Å². The number of hydrogen-bond donors (Lipinski definition) is 0. The Balaban J connectivity index is 2.09. The van der Waals surface area contributed by atoms with Crippen LogP contribution in [0.3, 0.4) is 0 Å². The maximum absolute atomic E-state index is 13.0. The predicted molar refractivity (Wildman–Crippen MR) is 99.1 cm³/mol. The molecule has 0 radical (unpaired) electrons. The van der Waals surface area contributed by atoms with Gasteiger partial charge in [-0.25, -0.2) is 9.79 Å². The molecule has 1 fully saturated rings. The molecule has 0 aliphatic carbocycles. The second-order valence-electron chi connectivity index (χ2n) is 6.03. The van der Waals surface area contributed by atoms with Crippen molar-refractivity contribution < 1.29 is 14.3 Å². The molecule has 1 aromatic rings. The minimum absolute atomic E-state index is 0.0220. The molecule has 0 aromatic heterocycles. The van der Waals surface area contributed by atoms with Gasteiger partial charge >= 0.3 is 5.97 Å². The number of amidine groups is 1. The first-order chi connectivity index (χ1) is 12.1. The third-order valence-electron chi connectivity index (χ3n) is 4.31. The SMILES string of the molecule is CCC[C@H]1SC2=NC(C)=C(C(=O)OCC)[C@H](c3ccccc3)N2C1=O. The Bertz CT molecular complexity index is 742. The van der Waals surface area contributed by atoms with Crippen molar-refractivity contribution in [1.82, 2.24) is 4.90 Å². The van der Waals surface area contributed by atoms with E-state index in [1.165, 1.54) is 11.8 Å². The minimum Gasteiger partial charge on any atom is -0.463 e. The highest BCUT2D eigenvalue weighted by molar-refractivity contribution is 8.15. The van der Waals surface area contributed by atoms with Gasteiger partial charge in [-0.2, -0.15) is 0 Å². The number of rotatable bonds is 5.